The minimum Gasteiger partial charge on any atom is -0.390 e. The van der Waals surface area contributed by atoms with Crippen LogP contribution in [-0.4, -0.2) is 22.4 Å². The molecule has 0 heterocycles. The highest BCUT2D eigenvalue weighted by Crippen LogP contribution is 2.30. The van der Waals surface area contributed by atoms with Crippen LogP contribution in [0.25, 0.3) is 0 Å². The Morgan fingerprint density at radius 2 is 1.33 bits per heavy atom. The molecule has 0 aromatic rings. The van der Waals surface area contributed by atoms with Crippen LogP contribution in [0.1, 0.15) is 20.3 Å². The second-order valence-electron chi connectivity index (χ2n) is 3.17. The van der Waals surface area contributed by atoms with Gasteiger partial charge in [0, 0.05) is 0 Å². The first-order valence-electron chi connectivity index (χ1n) is 3.49. The van der Waals surface area contributed by atoms with Crippen molar-refractivity contribution in [3.63, 3.8) is 0 Å². The number of hydrogen-bond donors (Lipinski definition) is 2. The van der Waals surface area contributed by atoms with Gasteiger partial charge in [0.25, 0.3) is 0 Å². The van der Waals surface area contributed by atoms with Crippen LogP contribution >= 0.6 is 0 Å². The summed E-state index contributed by atoms with van der Waals surface area (Å²) in [5, 5.41) is 18.4. The topological polar surface area (TPSA) is 40.5 Å². The van der Waals surface area contributed by atoms with Gasteiger partial charge in [0.2, 0.25) is 0 Å². The van der Waals surface area contributed by atoms with Gasteiger partial charge in [0.05, 0.1) is 12.2 Å². The molecule has 1 aliphatic rings. The third-order valence-corrected chi connectivity index (χ3v) is 2.26. The van der Waals surface area contributed by atoms with E-state index in [9.17, 15) is 10.2 Å². The summed E-state index contributed by atoms with van der Waals surface area (Å²) in [4.78, 5) is 0. The molecule has 1 rings (SSSR count). The Hall–Kier alpha value is -0.0800. The van der Waals surface area contributed by atoms with E-state index in [2.05, 4.69) is 0 Å². The van der Waals surface area contributed by atoms with E-state index in [0.717, 1.165) is 6.42 Å². The number of hydrogen-bond acceptors (Lipinski definition) is 2. The zero-order valence-corrected chi connectivity index (χ0v) is 5.91. The van der Waals surface area contributed by atoms with Crippen molar-refractivity contribution >= 4 is 0 Å². The fourth-order valence-electron chi connectivity index (χ4n) is 1.54. The first-order chi connectivity index (χ1) is 4.13. The highest BCUT2D eigenvalue weighted by molar-refractivity contribution is 4.86. The van der Waals surface area contributed by atoms with E-state index in [1.807, 2.05) is 13.8 Å². The maximum Gasteiger partial charge on any atom is 0.0827 e. The molecule has 2 nitrogen and oxygen atoms in total. The summed E-state index contributed by atoms with van der Waals surface area (Å²) in [5.74, 6) is 0.546. The van der Waals surface area contributed by atoms with E-state index < -0.39 is 12.2 Å². The van der Waals surface area contributed by atoms with Gasteiger partial charge in [-0.1, -0.05) is 13.8 Å². The van der Waals surface area contributed by atoms with Crippen LogP contribution < -0.4 is 0 Å². The van der Waals surface area contributed by atoms with Gasteiger partial charge in [0.15, 0.2) is 0 Å². The quantitative estimate of drug-likeness (QED) is 0.498. The molecule has 0 bridgehead atoms. The molecule has 0 aromatic heterocycles. The van der Waals surface area contributed by atoms with E-state index >= 15 is 0 Å². The summed E-state index contributed by atoms with van der Waals surface area (Å²) in [6.07, 6.45) is -0.0255. The van der Waals surface area contributed by atoms with Gasteiger partial charge in [-0.05, 0) is 18.3 Å². The lowest BCUT2D eigenvalue weighted by Gasteiger charge is -2.11. The van der Waals surface area contributed by atoms with Gasteiger partial charge < -0.3 is 10.2 Å². The standard InChI is InChI=1S/C7H14O2/c1-4-3-5(2)7(9)6(4)8/h4-9H,3H2,1-2H3/t4-,5-,6-,7-/m0/s1. The van der Waals surface area contributed by atoms with Gasteiger partial charge >= 0.3 is 0 Å². The molecule has 0 radical (unpaired) electrons. The van der Waals surface area contributed by atoms with Crippen molar-refractivity contribution in [3.8, 4) is 0 Å². The molecule has 0 saturated heterocycles. The van der Waals surface area contributed by atoms with Crippen LogP contribution in [0, 0.1) is 11.8 Å². The van der Waals surface area contributed by atoms with Crippen molar-refractivity contribution in [3.05, 3.63) is 0 Å². The first kappa shape index (κ1) is 7.03. The van der Waals surface area contributed by atoms with Gasteiger partial charge in [-0.3, -0.25) is 0 Å². The average Bonchev–Trinajstić information content (AvgIpc) is 1.98. The summed E-state index contributed by atoms with van der Waals surface area (Å²) in [6.45, 7) is 3.94. The Bertz CT molecular complexity index is 91.1. The molecule has 4 atom stereocenters. The highest BCUT2D eigenvalue weighted by atomic mass is 16.3. The normalized spacial score (nSPS) is 52.0. The number of aliphatic hydroxyl groups excluding tert-OH is 2. The Labute approximate surface area is 55.5 Å². The lowest BCUT2D eigenvalue weighted by molar-refractivity contribution is 0.00981. The highest BCUT2D eigenvalue weighted by Gasteiger charge is 2.35. The molecule has 0 amide bonds. The van der Waals surface area contributed by atoms with Crippen LogP contribution in [0.2, 0.25) is 0 Å². The maximum atomic E-state index is 9.19. The largest absolute Gasteiger partial charge is 0.390 e. The molecule has 0 aromatic carbocycles. The second kappa shape index (κ2) is 2.27. The molecule has 0 spiro atoms. The van der Waals surface area contributed by atoms with Crippen molar-refractivity contribution in [1.29, 1.82) is 0 Å². The molecule has 0 unspecified atom stereocenters. The fourth-order valence-corrected chi connectivity index (χ4v) is 1.54. The number of aliphatic hydroxyl groups is 2. The zero-order valence-electron chi connectivity index (χ0n) is 5.91. The van der Waals surface area contributed by atoms with Gasteiger partial charge in [-0.25, -0.2) is 0 Å². The predicted molar refractivity (Wildman–Crippen MR) is 35.0 cm³/mol. The lowest BCUT2D eigenvalue weighted by atomic mass is 10.1. The Morgan fingerprint density at radius 1 is 1.00 bits per heavy atom. The summed E-state index contributed by atoms with van der Waals surface area (Å²) in [5.41, 5.74) is 0. The SMILES string of the molecule is C[C@H]1C[C@H](C)[C@H](O)[C@H]1O. The van der Waals surface area contributed by atoms with Crippen LogP contribution in [0.3, 0.4) is 0 Å². The first-order valence-corrected chi connectivity index (χ1v) is 3.49. The van der Waals surface area contributed by atoms with Gasteiger partial charge in [-0.15, -0.1) is 0 Å². The zero-order chi connectivity index (χ0) is 7.02. The van der Waals surface area contributed by atoms with Crippen LogP contribution in [0.15, 0.2) is 0 Å². The van der Waals surface area contributed by atoms with Gasteiger partial charge in [0.1, 0.15) is 0 Å². The molecule has 9 heavy (non-hydrogen) atoms. The summed E-state index contributed by atoms with van der Waals surface area (Å²) in [6, 6.07) is 0. The predicted octanol–water partition coefficient (Wildman–Crippen LogP) is 0.384. The molecule has 1 fully saturated rings. The van der Waals surface area contributed by atoms with Crippen molar-refractivity contribution in [2.45, 2.75) is 32.5 Å². The third kappa shape index (κ3) is 1.10. The molecule has 0 aliphatic heterocycles. The molecule has 2 heteroatoms. The molecule has 1 saturated carbocycles. The Balaban J connectivity index is 2.54. The smallest absolute Gasteiger partial charge is 0.0827 e. The molecule has 54 valence electrons. The molecular weight excluding hydrogens is 116 g/mol. The van der Waals surface area contributed by atoms with Crippen LogP contribution in [0.4, 0.5) is 0 Å². The monoisotopic (exact) mass is 130 g/mol. The van der Waals surface area contributed by atoms with E-state index in [4.69, 9.17) is 0 Å². The summed E-state index contributed by atoms with van der Waals surface area (Å²) < 4.78 is 0. The van der Waals surface area contributed by atoms with E-state index in [0.29, 0.717) is 0 Å². The van der Waals surface area contributed by atoms with E-state index in [1.54, 1.807) is 0 Å². The molecular formula is C7H14O2. The van der Waals surface area contributed by atoms with Crippen molar-refractivity contribution in [2.24, 2.45) is 11.8 Å². The molecule has 2 N–H and O–H groups in total. The minimum absolute atomic E-state index is 0.273. The van der Waals surface area contributed by atoms with E-state index in [1.165, 1.54) is 0 Å². The summed E-state index contributed by atoms with van der Waals surface area (Å²) >= 11 is 0. The fraction of sp³-hybridized carbons (Fsp3) is 1.00. The van der Waals surface area contributed by atoms with E-state index in [-0.39, 0.29) is 11.8 Å². The van der Waals surface area contributed by atoms with Crippen LogP contribution in [-0.2, 0) is 0 Å². The van der Waals surface area contributed by atoms with Crippen LogP contribution in [0.5, 0.6) is 0 Å². The van der Waals surface area contributed by atoms with Crippen molar-refractivity contribution in [2.75, 3.05) is 0 Å². The Kier molecular flexibility index (Phi) is 1.78. The van der Waals surface area contributed by atoms with Crippen molar-refractivity contribution < 1.29 is 10.2 Å². The average molecular weight is 130 g/mol. The molecule has 1 aliphatic carbocycles. The second-order valence-corrected chi connectivity index (χ2v) is 3.17. The van der Waals surface area contributed by atoms with Gasteiger partial charge in [-0.2, -0.15) is 0 Å². The lowest BCUT2D eigenvalue weighted by Crippen LogP contribution is -2.26. The number of rotatable bonds is 0. The third-order valence-electron chi connectivity index (χ3n) is 2.26. The maximum absolute atomic E-state index is 9.19. The summed E-state index contributed by atoms with van der Waals surface area (Å²) in [7, 11) is 0. The minimum atomic E-state index is -0.486. The Morgan fingerprint density at radius 3 is 1.44 bits per heavy atom. The van der Waals surface area contributed by atoms with Crippen molar-refractivity contribution in [1.82, 2.24) is 0 Å².